The fraction of sp³-hybridized carbons (Fsp3) is 0.294. The number of benzene rings is 2. The lowest BCUT2D eigenvalue weighted by Crippen LogP contribution is -2.24. The van der Waals surface area contributed by atoms with E-state index in [9.17, 15) is 0 Å². The molecule has 1 aliphatic rings. The zero-order chi connectivity index (χ0) is 15.2. The number of rotatable bonds is 2. The highest BCUT2D eigenvalue weighted by molar-refractivity contribution is 6.43. The fourth-order valence-corrected chi connectivity index (χ4v) is 3.59. The summed E-state index contributed by atoms with van der Waals surface area (Å²) in [6, 6.07) is 11.9. The summed E-state index contributed by atoms with van der Waals surface area (Å²) in [5, 5.41) is 5.43. The van der Waals surface area contributed by atoms with E-state index in [4.69, 9.17) is 34.8 Å². The second-order valence-corrected chi connectivity index (χ2v) is 7.41. The minimum Gasteiger partial charge on any atom is -0.376 e. The van der Waals surface area contributed by atoms with Crippen molar-refractivity contribution in [3.8, 4) is 0 Å². The van der Waals surface area contributed by atoms with Crippen LogP contribution in [0.4, 0.5) is 5.69 Å². The van der Waals surface area contributed by atoms with Crippen molar-refractivity contribution in [3.05, 3.63) is 62.6 Å². The van der Waals surface area contributed by atoms with Crippen LogP contribution in [0.15, 0.2) is 36.4 Å². The molecule has 21 heavy (non-hydrogen) atoms. The minimum absolute atomic E-state index is 0.0820. The van der Waals surface area contributed by atoms with Crippen LogP contribution in [0.25, 0.3) is 0 Å². The zero-order valence-corrected chi connectivity index (χ0v) is 14.2. The standard InChI is InChI=1S/C17H16Cl3N/c1-17(2)9-10-6-7-11(18)8-12(10)16(17)21-14-5-3-4-13(19)15(14)20/h3-8,16,21H,9H2,1-2H3. The smallest absolute Gasteiger partial charge is 0.0823 e. The van der Waals surface area contributed by atoms with Gasteiger partial charge in [-0.3, -0.25) is 0 Å². The molecule has 1 unspecified atom stereocenters. The molecule has 1 nitrogen and oxygen atoms in total. The van der Waals surface area contributed by atoms with Gasteiger partial charge in [-0.05, 0) is 47.2 Å². The van der Waals surface area contributed by atoms with Crippen LogP contribution < -0.4 is 5.32 Å². The molecule has 2 aromatic rings. The first-order chi connectivity index (χ1) is 9.88. The first-order valence-corrected chi connectivity index (χ1v) is 8.01. The maximum Gasteiger partial charge on any atom is 0.0823 e. The molecule has 3 rings (SSSR count). The molecule has 0 amide bonds. The summed E-state index contributed by atoms with van der Waals surface area (Å²) in [5.74, 6) is 0. The Morgan fingerprint density at radius 1 is 1.10 bits per heavy atom. The third-order valence-electron chi connectivity index (χ3n) is 4.10. The van der Waals surface area contributed by atoms with Gasteiger partial charge in [0.2, 0.25) is 0 Å². The van der Waals surface area contributed by atoms with Crippen molar-refractivity contribution >= 4 is 40.5 Å². The van der Waals surface area contributed by atoms with Gasteiger partial charge >= 0.3 is 0 Å². The van der Waals surface area contributed by atoms with Gasteiger partial charge in [-0.1, -0.05) is 60.8 Å². The third kappa shape index (κ3) is 2.75. The lowest BCUT2D eigenvalue weighted by molar-refractivity contribution is 0.337. The second-order valence-electron chi connectivity index (χ2n) is 6.19. The van der Waals surface area contributed by atoms with Gasteiger partial charge in [0.1, 0.15) is 0 Å². The number of hydrogen-bond donors (Lipinski definition) is 1. The van der Waals surface area contributed by atoms with Crippen LogP contribution in [0.1, 0.15) is 31.0 Å². The number of anilines is 1. The van der Waals surface area contributed by atoms with Crippen LogP contribution in [0.2, 0.25) is 15.1 Å². The maximum absolute atomic E-state index is 6.30. The summed E-state index contributed by atoms with van der Waals surface area (Å²) in [5.41, 5.74) is 3.51. The first kappa shape index (κ1) is 15.0. The second kappa shape index (κ2) is 5.39. The van der Waals surface area contributed by atoms with Crippen molar-refractivity contribution in [2.45, 2.75) is 26.3 Å². The van der Waals surface area contributed by atoms with E-state index in [1.807, 2.05) is 24.3 Å². The summed E-state index contributed by atoms with van der Waals surface area (Å²) in [4.78, 5) is 0. The number of nitrogens with one attached hydrogen (secondary N) is 1. The molecule has 0 bridgehead atoms. The van der Waals surface area contributed by atoms with E-state index in [-0.39, 0.29) is 11.5 Å². The molecule has 0 heterocycles. The molecule has 1 aliphatic carbocycles. The van der Waals surface area contributed by atoms with Crippen LogP contribution in [0, 0.1) is 5.41 Å². The zero-order valence-electron chi connectivity index (χ0n) is 11.9. The highest BCUT2D eigenvalue weighted by Gasteiger charge is 2.39. The topological polar surface area (TPSA) is 12.0 Å². The average molecular weight is 341 g/mol. The molecule has 1 N–H and O–H groups in total. The van der Waals surface area contributed by atoms with E-state index >= 15 is 0 Å². The molecule has 0 radical (unpaired) electrons. The molecule has 110 valence electrons. The van der Waals surface area contributed by atoms with Gasteiger partial charge in [-0.15, -0.1) is 0 Å². The Bertz CT molecular complexity index is 694. The molecule has 0 fully saturated rings. The van der Waals surface area contributed by atoms with Gasteiger partial charge in [0.15, 0.2) is 0 Å². The van der Waals surface area contributed by atoms with Crippen LogP contribution in [0.5, 0.6) is 0 Å². The summed E-state index contributed by atoms with van der Waals surface area (Å²) >= 11 is 18.6. The molecular formula is C17H16Cl3N. The van der Waals surface area contributed by atoms with E-state index in [0.717, 1.165) is 17.1 Å². The van der Waals surface area contributed by atoms with Gasteiger partial charge in [-0.25, -0.2) is 0 Å². The van der Waals surface area contributed by atoms with Gasteiger partial charge in [-0.2, -0.15) is 0 Å². The Labute approximate surface area is 140 Å². The average Bonchev–Trinajstić information content (AvgIpc) is 2.66. The van der Waals surface area contributed by atoms with Gasteiger partial charge in [0, 0.05) is 5.02 Å². The molecular weight excluding hydrogens is 325 g/mol. The number of hydrogen-bond acceptors (Lipinski definition) is 1. The van der Waals surface area contributed by atoms with Gasteiger partial charge in [0.05, 0.1) is 21.8 Å². The van der Waals surface area contributed by atoms with Crippen molar-refractivity contribution in [2.75, 3.05) is 5.32 Å². The lowest BCUT2D eigenvalue weighted by atomic mass is 9.85. The fourth-order valence-electron chi connectivity index (χ4n) is 3.05. The maximum atomic E-state index is 6.30. The van der Waals surface area contributed by atoms with Crippen LogP contribution in [-0.4, -0.2) is 0 Å². The van der Waals surface area contributed by atoms with Crippen molar-refractivity contribution in [3.63, 3.8) is 0 Å². The minimum atomic E-state index is 0.0820. The summed E-state index contributed by atoms with van der Waals surface area (Å²) in [6.45, 7) is 4.49. The Kier molecular flexibility index (Phi) is 3.85. The molecule has 0 aromatic heterocycles. The molecule has 2 aromatic carbocycles. The normalized spacial score (nSPS) is 19.4. The lowest BCUT2D eigenvalue weighted by Gasteiger charge is -2.30. The van der Waals surface area contributed by atoms with Crippen LogP contribution >= 0.6 is 34.8 Å². The SMILES string of the molecule is CC1(C)Cc2ccc(Cl)cc2C1Nc1cccc(Cl)c1Cl. The highest BCUT2D eigenvalue weighted by Crippen LogP contribution is 2.48. The Hall–Kier alpha value is -0.890. The van der Waals surface area contributed by atoms with E-state index in [1.165, 1.54) is 11.1 Å². The van der Waals surface area contributed by atoms with Crippen LogP contribution in [-0.2, 0) is 6.42 Å². The van der Waals surface area contributed by atoms with Gasteiger partial charge < -0.3 is 5.32 Å². The predicted molar refractivity (Wildman–Crippen MR) is 91.8 cm³/mol. The van der Waals surface area contributed by atoms with E-state index in [0.29, 0.717) is 10.0 Å². The monoisotopic (exact) mass is 339 g/mol. The van der Waals surface area contributed by atoms with Crippen LogP contribution in [0.3, 0.4) is 0 Å². The largest absolute Gasteiger partial charge is 0.376 e. The Morgan fingerprint density at radius 2 is 1.86 bits per heavy atom. The van der Waals surface area contributed by atoms with E-state index in [2.05, 4.69) is 25.2 Å². The summed E-state index contributed by atoms with van der Waals surface area (Å²) < 4.78 is 0. The third-order valence-corrected chi connectivity index (χ3v) is 5.15. The quantitative estimate of drug-likeness (QED) is 0.668. The van der Waals surface area contributed by atoms with E-state index < -0.39 is 0 Å². The number of fused-ring (bicyclic) bond motifs is 1. The Balaban J connectivity index is 2.02. The molecule has 0 spiro atoms. The van der Waals surface area contributed by atoms with Crippen molar-refractivity contribution < 1.29 is 0 Å². The predicted octanol–water partition coefficient (Wildman–Crippen LogP) is 6.38. The molecule has 1 atom stereocenters. The van der Waals surface area contributed by atoms with Crippen molar-refractivity contribution in [1.29, 1.82) is 0 Å². The van der Waals surface area contributed by atoms with Crippen molar-refractivity contribution in [1.82, 2.24) is 0 Å². The first-order valence-electron chi connectivity index (χ1n) is 6.87. The molecule has 0 aliphatic heterocycles. The van der Waals surface area contributed by atoms with E-state index in [1.54, 1.807) is 6.07 Å². The Morgan fingerprint density at radius 3 is 2.62 bits per heavy atom. The highest BCUT2D eigenvalue weighted by atomic mass is 35.5. The summed E-state index contributed by atoms with van der Waals surface area (Å²) in [6.07, 6.45) is 1.01. The van der Waals surface area contributed by atoms with Crippen molar-refractivity contribution in [2.24, 2.45) is 5.41 Å². The molecule has 0 saturated heterocycles. The number of halogens is 3. The molecule has 4 heteroatoms. The van der Waals surface area contributed by atoms with Gasteiger partial charge in [0.25, 0.3) is 0 Å². The molecule has 0 saturated carbocycles. The summed E-state index contributed by atoms with van der Waals surface area (Å²) in [7, 11) is 0.